The van der Waals surface area contributed by atoms with Gasteiger partial charge in [-0.2, -0.15) is 0 Å². The molecule has 138 valence electrons. The van der Waals surface area contributed by atoms with E-state index in [4.69, 9.17) is 4.74 Å². The zero-order valence-electron chi connectivity index (χ0n) is 16.3. The minimum Gasteiger partial charge on any atom is -0.393 e. The predicted molar refractivity (Wildman–Crippen MR) is 97.7 cm³/mol. The maximum absolute atomic E-state index is 10.3. The number of hydrogen-bond acceptors (Lipinski definition) is 2. The van der Waals surface area contributed by atoms with Gasteiger partial charge in [-0.25, -0.2) is 0 Å². The molecule has 0 bridgehead atoms. The summed E-state index contributed by atoms with van der Waals surface area (Å²) in [6, 6.07) is 0. The van der Waals surface area contributed by atoms with Crippen LogP contribution in [0, 0.1) is 40.4 Å². The van der Waals surface area contributed by atoms with Gasteiger partial charge in [0, 0.05) is 7.11 Å². The van der Waals surface area contributed by atoms with Crippen molar-refractivity contribution in [2.24, 2.45) is 40.4 Å². The van der Waals surface area contributed by atoms with Crippen molar-refractivity contribution in [2.75, 3.05) is 7.11 Å². The molecule has 4 saturated carbocycles. The third-order valence-corrected chi connectivity index (χ3v) is 9.61. The fraction of sp³-hybridized carbons (Fsp3) is 1.00. The first kappa shape index (κ1) is 17.3. The van der Waals surface area contributed by atoms with Crippen molar-refractivity contribution in [3.05, 3.63) is 0 Å². The SMILES string of the molecule is COC1CCC2(C)C(CCC3C2CC[C@@]2(C)C3CC[C@@H]2C(C)O)C1. The molecule has 1 N–H and O–H groups in total. The van der Waals surface area contributed by atoms with Crippen molar-refractivity contribution in [1.29, 1.82) is 0 Å². The third kappa shape index (κ3) is 2.35. The van der Waals surface area contributed by atoms with Crippen LogP contribution in [-0.4, -0.2) is 24.4 Å². The van der Waals surface area contributed by atoms with Crippen LogP contribution in [0.4, 0.5) is 0 Å². The molecule has 0 aromatic carbocycles. The summed E-state index contributed by atoms with van der Waals surface area (Å²) in [6.45, 7) is 7.19. The Morgan fingerprint density at radius 1 is 0.917 bits per heavy atom. The molecule has 2 heteroatoms. The maximum Gasteiger partial charge on any atom is 0.0574 e. The number of methoxy groups -OCH3 is 1. The van der Waals surface area contributed by atoms with E-state index >= 15 is 0 Å². The fourth-order valence-electron chi connectivity index (χ4n) is 8.27. The second-order valence-electron chi connectivity index (χ2n) is 10.3. The molecule has 7 unspecified atom stereocenters. The lowest BCUT2D eigenvalue weighted by Gasteiger charge is -2.61. The highest BCUT2D eigenvalue weighted by Gasteiger charge is 2.60. The van der Waals surface area contributed by atoms with Crippen LogP contribution in [0.15, 0.2) is 0 Å². The average Bonchev–Trinajstić information content (AvgIpc) is 2.91. The highest BCUT2D eigenvalue weighted by molar-refractivity contribution is 5.09. The molecule has 0 aliphatic heterocycles. The number of fused-ring (bicyclic) bond motifs is 5. The summed E-state index contributed by atoms with van der Waals surface area (Å²) in [5, 5.41) is 10.3. The minimum absolute atomic E-state index is 0.124. The van der Waals surface area contributed by atoms with Gasteiger partial charge in [-0.05, 0) is 105 Å². The lowest BCUT2D eigenvalue weighted by atomic mass is 9.44. The standard InChI is InChI=1S/C22H38O2/c1-14(23)18-7-8-19-17-6-5-15-13-16(24-4)9-11-21(15,2)20(17)10-12-22(18,19)3/h14-20,23H,5-13H2,1-4H3/t14?,15?,16?,17?,18-,19?,20?,21?,22-/m1/s1. The Bertz CT molecular complexity index is 475. The van der Waals surface area contributed by atoms with Crippen molar-refractivity contribution in [1.82, 2.24) is 0 Å². The Labute approximate surface area is 148 Å². The van der Waals surface area contributed by atoms with E-state index in [9.17, 15) is 5.11 Å². The van der Waals surface area contributed by atoms with Crippen molar-refractivity contribution >= 4 is 0 Å². The largest absolute Gasteiger partial charge is 0.393 e. The molecule has 0 amide bonds. The predicted octanol–water partition coefficient (Wildman–Crippen LogP) is 5.04. The normalized spacial score (nSPS) is 55.4. The van der Waals surface area contributed by atoms with Gasteiger partial charge in [-0.1, -0.05) is 13.8 Å². The van der Waals surface area contributed by atoms with Gasteiger partial charge in [0.05, 0.1) is 12.2 Å². The van der Waals surface area contributed by atoms with Crippen molar-refractivity contribution in [3.63, 3.8) is 0 Å². The van der Waals surface area contributed by atoms with Crippen LogP contribution in [0.1, 0.15) is 78.6 Å². The lowest BCUT2D eigenvalue weighted by molar-refractivity contribution is -0.135. The maximum atomic E-state index is 10.3. The first-order valence-electron chi connectivity index (χ1n) is 10.6. The van der Waals surface area contributed by atoms with Crippen LogP contribution >= 0.6 is 0 Å². The van der Waals surface area contributed by atoms with E-state index in [-0.39, 0.29) is 6.10 Å². The van der Waals surface area contributed by atoms with Gasteiger partial charge in [-0.15, -0.1) is 0 Å². The van der Waals surface area contributed by atoms with Gasteiger partial charge < -0.3 is 9.84 Å². The van der Waals surface area contributed by atoms with Gasteiger partial charge in [0.2, 0.25) is 0 Å². The van der Waals surface area contributed by atoms with E-state index in [2.05, 4.69) is 13.8 Å². The second kappa shape index (κ2) is 5.98. The summed E-state index contributed by atoms with van der Waals surface area (Å²) < 4.78 is 5.72. The van der Waals surface area contributed by atoms with Gasteiger partial charge in [0.1, 0.15) is 0 Å². The van der Waals surface area contributed by atoms with E-state index in [1.54, 1.807) is 0 Å². The molecule has 24 heavy (non-hydrogen) atoms. The highest BCUT2D eigenvalue weighted by Crippen LogP contribution is 2.67. The summed E-state index contributed by atoms with van der Waals surface area (Å²) in [5.41, 5.74) is 0.963. The van der Waals surface area contributed by atoms with Crippen molar-refractivity contribution in [2.45, 2.75) is 90.8 Å². The Kier molecular flexibility index (Phi) is 4.32. The molecule has 9 atom stereocenters. The molecule has 4 aliphatic rings. The Hall–Kier alpha value is -0.0800. The monoisotopic (exact) mass is 334 g/mol. The highest BCUT2D eigenvalue weighted by atomic mass is 16.5. The first-order chi connectivity index (χ1) is 11.4. The molecule has 4 rings (SSSR count). The van der Waals surface area contributed by atoms with Crippen LogP contribution in [0.5, 0.6) is 0 Å². The molecular weight excluding hydrogens is 296 g/mol. The summed E-state index contributed by atoms with van der Waals surface area (Å²) >= 11 is 0. The van der Waals surface area contributed by atoms with E-state index < -0.39 is 0 Å². The molecule has 0 aromatic heterocycles. The smallest absolute Gasteiger partial charge is 0.0574 e. The van der Waals surface area contributed by atoms with E-state index in [1.165, 1.54) is 57.8 Å². The second-order valence-corrected chi connectivity index (χ2v) is 10.3. The molecule has 0 aromatic rings. The number of aliphatic hydroxyl groups is 1. The number of rotatable bonds is 2. The molecule has 0 spiro atoms. The molecule has 4 fully saturated rings. The van der Waals surface area contributed by atoms with Crippen LogP contribution in [-0.2, 0) is 4.74 Å². The van der Waals surface area contributed by atoms with E-state index in [1.807, 2.05) is 14.0 Å². The van der Waals surface area contributed by atoms with Crippen molar-refractivity contribution < 1.29 is 9.84 Å². The van der Waals surface area contributed by atoms with Crippen molar-refractivity contribution in [3.8, 4) is 0 Å². The minimum atomic E-state index is -0.124. The molecule has 0 radical (unpaired) electrons. The summed E-state index contributed by atoms with van der Waals surface area (Å²) in [6.07, 6.45) is 12.6. The zero-order valence-corrected chi connectivity index (χ0v) is 16.3. The topological polar surface area (TPSA) is 29.5 Å². The summed E-state index contributed by atoms with van der Waals surface area (Å²) in [4.78, 5) is 0. The number of ether oxygens (including phenoxy) is 1. The lowest BCUT2D eigenvalue weighted by Crippen LogP contribution is -2.54. The first-order valence-corrected chi connectivity index (χ1v) is 10.6. The van der Waals surface area contributed by atoms with E-state index in [0.29, 0.717) is 22.9 Å². The molecule has 0 heterocycles. The van der Waals surface area contributed by atoms with Crippen LogP contribution in [0.2, 0.25) is 0 Å². The van der Waals surface area contributed by atoms with Crippen LogP contribution in [0.3, 0.4) is 0 Å². The number of aliphatic hydroxyl groups excluding tert-OH is 1. The average molecular weight is 335 g/mol. The number of hydrogen-bond donors (Lipinski definition) is 1. The van der Waals surface area contributed by atoms with Gasteiger partial charge in [-0.3, -0.25) is 0 Å². The molecule has 0 saturated heterocycles. The third-order valence-electron chi connectivity index (χ3n) is 9.61. The molecule has 2 nitrogen and oxygen atoms in total. The Morgan fingerprint density at radius 2 is 1.62 bits per heavy atom. The van der Waals surface area contributed by atoms with E-state index in [0.717, 1.165) is 23.7 Å². The fourth-order valence-corrected chi connectivity index (χ4v) is 8.27. The summed E-state index contributed by atoms with van der Waals surface area (Å²) in [7, 11) is 1.90. The molecule has 4 aliphatic carbocycles. The Balaban J connectivity index is 1.58. The van der Waals surface area contributed by atoms with Gasteiger partial charge in [0.25, 0.3) is 0 Å². The van der Waals surface area contributed by atoms with Gasteiger partial charge in [0.15, 0.2) is 0 Å². The Morgan fingerprint density at radius 3 is 2.33 bits per heavy atom. The molecular formula is C22H38O2. The quantitative estimate of drug-likeness (QED) is 0.766. The van der Waals surface area contributed by atoms with Gasteiger partial charge >= 0.3 is 0 Å². The zero-order chi connectivity index (χ0) is 17.1. The summed E-state index contributed by atoms with van der Waals surface area (Å²) in [5.74, 6) is 4.15. The van der Waals surface area contributed by atoms with Crippen LogP contribution < -0.4 is 0 Å². The van der Waals surface area contributed by atoms with Crippen LogP contribution in [0.25, 0.3) is 0 Å².